The molecule has 1 aliphatic heterocycles. The molecule has 176 valence electrons. The van der Waals surface area contributed by atoms with E-state index in [4.69, 9.17) is 21.3 Å². The van der Waals surface area contributed by atoms with Crippen molar-refractivity contribution in [2.24, 2.45) is 14.1 Å². The minimum Gasteiger partial charge on any atom is -0.369 e. The summed E-state index contributed by atoms with van der Waals surface area (Å²) in [5, 5.41) is 4.79. The molecule has 1 aromatic carbocycles. The molecule has 0 N–H and O–H groups in total. The zero-order valence-corrected chi connectivity index (χ0v) is 20.0. The second kappa shape index (κ2) is 8.48. The first-order valence-electron chi connectivity index (χ1n) is 10.9. The largest absolute Gasteiger partial charge is 0.369 e. The normalized spacial score (nSPS) is 18.6. The van der Waals surface area contributed by atoms with Crippen molar-refractivity contribution in [3.8, 4) is 11.3 Å². The van der Waals surface area contributed by atoms with Crippen molar-refractivity contribution in [2.45, 2.75) is 26.0 Å². The van der Waals surface area contributed by atoms with Crippen molar-refractivity contribution in [3.63, 3.8) is 0 Å². The minimum atomic E-state index is -0.552. The minimum absolute atomic E-state index is 0.00780. The molecule has 4 aromatic rings. The van der Waals surface area contributed by atoms with Crippen LogP contribution < -0.4 is 10.5 Å². The van der Waals surface area contributed by atoms with Gasteiger partial charge in [0.2, 0.25) is 0 Å². The van der Waals surface area contributed by atoms with Crippen LogP contribution in [-0.4, -0.2) is 43.5 Å². The topological polar surface area (TPSA) is 78.1 Å². The molecule has 8 nitrogen and oxygen atoms in total. The summed E-state index contributed by atoms with van der Waals surface area (Å²) >= 11 is 5.98. The number of halogens is 2. The number of nitrogens with zero attached hydrogens (tertiary/aromatic N) is 6. The molecule has 0 amide bonds. The second-order valence-electron chi connectivity index (χ2n) is 8.64. The van der Waals surface area contributed by atoms with E-state index in [2.05, 4.69) is 15.0 Å². The molecule has 0 spiro atoms. The van der Waals surface area contributed by atoms with Gasteiger partial charge in [-0.1, -0.05) is 11.6 Å². The smallest absolute Gasteiger partial charge is 0.263 e. The number of fused-ring (bicyclic) bond motifs is 1. The Hall–Kier alpha value is -3.30. The van der Waals surface area contributed by atoms with Crippen molar-refractivity contribution < 1.29 is 9.13 Å². The molecule has 1 aliphatic rings. The highest BCUT2D eigenvalue weighted by molar-refractivity contribution is 6.30. The lowest BCUT2D eigenvalue weighted by Crippen LogP contribution is -2.45. The van der Waals surface area contributed by atoms with E-state index < -0.39 is 5.82 Å². The van der Waals surface area contributed by atoms with Crippen molar-refractivity contribution in [1.82, 2.24) is 24.3 Å². The van der Waals surface area contributed by atoms with Gasteiger partial charge < -0.3 is 9.64 Å². The summed E-state index contributed by atoms with van der Waals surface area (Å²) in [6, 6.07) is 6.15. The van der Waals surface area contributed by atoms with Gasteiger partial charge in [0.1, 0.15) is 23.6 Å². The molecule has 2 atom stereocenters. The Morgan fingerprint density at radius 3 is 2.71 bits per heavy atom. The molecule has 10 heteroatoms. The number of morpholine rings is 1. The molecule has 3 aromatic heterocycles. The van der Waals surface area contributed by atoms with Crippen LogP contribution in [0.15, 0.2) is 41.5 Å². The van der Waals surface area contributed by atoms with Gasteiger partial charge in [0.25, 0.3) is 5.56 Å². The zero-order valence-electron chi connectivity index (χ0n) is 19.3. The Balaban J connectivity index is 1.70. The molecule has 5 rings (SSSR count). The third-order valence-electron chi connectivity index (χ3n) is 6.28. The molecule has 0 unspecified atom stereocenters. The molecule has 0 saturated carbocycles. The molecule has 1 saturated heterocycles. The summed E-state index contributed by atoms with van der Waals surface area (Å²) in [5.74, 6) is 0.603. The van der Waals surface area contributed by atoms with Crippen LogP contribution in [-0.2, 0) is 18.8 Å². The van der Waals surface area contributed by atoms with Gasteiger partial charge in [0, 0.05) is 42.5 Å². The van der Waals surface area contributed by atoms with Crippen LogP contribution >= 0.6 is 11.6 Å². The second-order valence-corrected chi connectivity index (χ2v) is 9.08. The van der Waals surface area contributed by atoms with E-state index in [1.807, 2.05) is 20.2 Å². The fourth-order valence-electron chi connectivity index (χ4n) is 4.29. The van der Waals surface area contributed by atoms with Crippen molar-refractivity contribution in [3.05, 3.63) is 69.2 Å². The molecule has 0 radical (unpaired) electrons. The van der Waals surface area contributed by atoms with Crippen LogP contribution in [0.3, 0.4) is 0 Å². The van der Waals surface area contributed by atoms with Gasteiger partial charge in [-0.3, -0.25) is 14.0 Å². The van der Waals surface area contributed by atoms with Crippen LogP contribution in [0.2, 0.25) is 5.02 Å². The fraction of sp³-hybridized carbons (Fsp3) is 0.333. The maximum absolute atomic E-state index is 15.0. The van der Waals surface area contributed by atoms with Gasteiger partial charge in [-0.15, -0.1) is 0 Å². The maximum Gasteiger partial charge on any atom is 0.263 e. The third kappa shape index (κ3) is 3.84. The highest BCUT2D eigenvalue weighted by Gasteiger charge is 2.30. The zero-order chi connectivity index (χ0) is 24.1. The van der Waals surface area contributed by atoms with Crippen LogP contribution in [0.5, 0.6) is 0 Å². The summed E-state index contributed by atoms with van der Waals surface area (Å²) < 4.78 is 24.3. The Morgan fingerprint density at radius 1 is 1.21 bits per heavy atom. The lowest BCUT2D eigenvalue weighted by molar-refractivity contribution is 0.0212. The standard InChI is InChI=1S/C24H24ClFN6O2/c1-13-12-34-20(15-9-27-30(3)10-15)11-32(13)21-8-19-22(24(33)31(4)14(2)28-19)23(29-21)17-6-5-16(25)7-18(17)26/h5-10,13,20H,11-12H2,1-4H3/t13-,20+/m0/s1. The highest BCUT2D eigenvalue weighted by Crippen LogP contribution is 2.34. The van der Waals surface area contributed by atoms with Crippen LogP contribution in [0.1, 0.15) is 24.4 Å². The SMILES string of the molecule is Cc1nc2cc(N3C[C@H](c4cnn(C)c4)OC[C@@H]3C)nc(-c3ccc(Cl)cc3F)c2c(=O)n1C. The molecular weight excluding hydrogens is 459 g/mol. The monoisotopic (exact) mass is 482 g/mol. The number of aryl methyl sites for hydroxylation is 2. The average Bonchev–Trinajstić information content (AvgIpc) is 3.23. The van der Waals surface area contributed by atoms with Crippen molar-refractivity contribution in [2.75, 3.05) is 18.1 Å². The van der Waals surface area contributed by atoms with E-state index in [1.165, 1.54) is 10.6 Å². The summed E-state index contributed by atoms with van der Waals surface area (Å²) in [6.07, 6.45) is 3.52. The Kier molecular flexibility index (Phi) is 5.61. The van der Waals surface area contributed by atoms with E-state index in [1.54, 1.807) is 43.0 Å². The lowest BCUT2D eigenvalue weighted by Gasteiger charge is -2.38. The predicted molar refractivity (Wildman–Crippen MR) is 129 cm³/mol. The number of hydrogen-bond donors (Lipinski definition) is 0. The summed E-state index contributed by atoms with van der Waals surface area (Å²) in [4.78, 5) is 24.8. The van der Waals surface area contributed by atoms with Crippen LogP contribution in [0, 0.1) is 12.7 Å². The number of benzene rings is 1. The van der Waals surface area contributed by atoms with Gasteiger partial charge in [-0.05, 0) is 32.0 Å². The molecule has 0 aliphatic carbocycles. The highest BCUT2D eigenvalue weighted by atomic mass is 35.5. The quantitative estimate of drug-likeness (QED) is 0.442. The van der Waals surface area contributed by atoms with Gasteiger partial charge in [0.05, 0.1) is 42.0 Å². The van der Waals surface area contributed by atoms with E-state index in [0.29, 0.717) is 30.3 Å². The van der Waals surface area contributed by atoms with E-state index in [-0.39, 0.29) is 39.4 Å². The van der Waals surface area contributed by atoms with Gasteiger partial charge in [0.15, 0.2) is 0 Å². The third-order valence-corrected chi connectivity index (χ3v) is 6.52. The Morgan fingerprint density at radius 2 is 2.00 bits per heavy atom. The number of rotatable bonds is 3. The molecular formula is C24H24ClFN6O2. The van der Waals surface area contributed by atoms with E-state index in [9.17, 15) is 4.79 Å². The molecule has 4 heterocycles. The molecule has 1 fully saturated rings. The van der Waals surface area contributed by atoms with Crippen molar-refractivity contribution in [1.29, 1.82) is 0 Å². The summed E-state index contributed by atoms with van der Waals surface area (Å²) in [6.45, 7) is 4.81. The maximum atomic E-state index is 15.0. The molecule has 34 heavy (non-hydrogen) atoms. The first kappa shape index (κ1) is 22.5. The lowest BCUT2D eigenvalue weighted by atomic mass is 10.1. The number of anilines is 1. The van der Waals surface area contributed by atoms with Crippen molar-refractivity contribution >= 4 is 28.3 Å². The number of hydrogen-bond acceptors (Lipinski definition) is 6. The average molecular weight is 483 g/mol. The van der Waals surface area contributed by atoms with Gasteiger partial charge in [-0.2, -0.15) is 5.10 Å². The first-order valence-corrected chi connectivity index (χ1v) is 11.3. The predicted octanol–water partition coefficient (Wildman–Crippen LogP) is 3.80. The Labute approximate surface area is 200 Å². The molecule has 0 bridgehead atoms. The number of aromatic nitrogens is 5. The first-order chi connectivity index (χ1) is 16.2. The van der Waals surface area contributed by atoms with E-state index in [0.717, 1.165) is 5.56 Å². The van der Waals surface area contributed by atoms with Gasteiger partial charge in [-0.25, -0.2) is 14.4 Å². The van der Waals surface area contributed by atoms with Gasteiger partial charge >= 0.3 is 0 Å². The fourth-order valence-corrected chi connectivity index (χ4v) is 4.45. The van der Waals surface area contributed by atoms with E-state index >= 15 is 4.39 Å². The van der Waals surface area contributed by atoms with Crippen LogP contribution in [0.25, 0.3) is 22.2 Å². The van der Waals surface area contributed by atoms with Crippen LogP contribution in [0.4, 0.5) is 10.2 Å². The Bertz CT molecular complexity index is 1470. The number of ether oxygens (including phenoxy) is 1. The number of pyridine rings is 1. The summed E-state index contributed by atoms with van der Waals surface area (Å²) in [5.41, 5.74) is 1.59. The summed E-state index contributed by atoms with van der Waals surface area (Å²) in [7, 11) is 3.50.